The van der Waals surface area contributed by atoms with Crippen molar-refractivity contribution in [2.24, 2.45) is 0 Å². The van der Waals surface area contributed by atoms with Crippen LogP contribution in [0.2, 0.25) is 0 Å². The Morgan fingerprint density at radius 3 is 2.38 bits per heavy atom. The summed E-state index contributed by atoms with van der Waals surface area (Å²) in [7, 11) is 0. The Morgan fingerprint density at radius 2 is 1.76 bits per heavy atom. The minimum Gasteiger partial charge on any atom is -0.492 e. The summed E-state index contributed by atoms with van der Waals surface area (Å²) < 4.78 is 11.1. The Balaban J connectivity index is 1.82. The van der Waals surface area contributed by atoms with Crippen molar-refractivity contribution in [1.29, 1.82) is 0 Å². The predicted octanol–water partition coefficient (Wildman–Crippen LogP) is 4.70. The number of hydrogen-bond acceptors (Lipinski definition) is 5. The first-order chi connectivity index (χ1) is 16.4. The Labute approximate surface area is 206 Å². The standard InChI is InChI=1S/C26H36N2O5S/c1-4-32-24(25(29)30)19-21-11-13-22(14-12-21)33-17-16-28(26(31)27-20(2)3)15-8-18-34-23-9-6-5-7-10-23/h5-7,9-14,20,24H,4,8,15-19H2,1-3H3,(H,27,31)(H,29,30). The van der Waals surface area contributed by atoms with Gasteiger partial charge in [-0.25, -0.2) is 9.59 Å². The number of ether oxygens (including phenoxy) is 2. The first-order valence-corrected chi connectivity index (χ1v) is 12.7. The quantitative estimate of drug-likeness (QED) is 0.279. The van der Waals surface area contributed by atoms with Crippen molar-refractivity contribution in [3.05, 3.63) is 60.2 Å². The fraction of sp³-hybridized carbons (Fsp3) is 0.462. The molecular formula is C26H36N2O5S. The van der Waals surface area contributed by atoms with Crippen LogP contribution in [0.25, 0.3) is 0 Å². The molecule has 2 N–H and O–H groups in total. The van der Waals surface area contributed by atoms with Crippen molar-refractivity contribution in [1.82, 2.24) is 10.2 Å². The molecule has 8 heteroatoms. The lowest BCUT2D eigenvalue weighted by molar-refractivity contribution is -0.149. The lowest BCUT2D eigenvalue weighted by atomic mass is 10.1. The number of carboxylic acids is 1. The fourth-order valence-electron chi connectivity index (χ4n) is 3.24. The van der Waals surface area contributed by atoms with Crippen molar-refractivity contribution in [2.45, 2.75) is 50.7 Å². The lowest BCUT2D eigenvalue weighted by Gasteiger charge is -2.24. The van der Waals surface area contributed by atoms with Crippen molar-refractivity contribution in [2.75, 3.05) is 32.1 Å². The van der Waals surface area contributed by atoms with Gasteiger partial charge in [0, 0.05) is 30.5 Å². The molecule has 0 aliphatic rings. The summed E-state index contributed by atoms with van der Waals surface area (Å²) in [6, 6.07) is 17.5. The van der Waals surface area contributed by atoms with Crippen molar-refractivity contribution in [3.63, 3.8) is 0 Å². The van der Waals surface area contributed by atoms with Crippen LogP contribution in [-0.4, -0.2) is 66.2 Å². The molecule has 0 aliphatic carbocycles. The summed E-state index contributed by atoms with van der Waals surface area (Å²) in [6.07, 6.45) is 0.322. The average Bonchev–Trinajstić information content (AvgIpc) is 2.81. The number of carboxylic acid groups (broad SMARTS) is 1. The molecule has 2 aromatic carbocycles. The number of urea groups is 1. The third-order valence-corrected chi connectivity index (χ3v) is 6.00. The number of nitrogens with one attached hydrogen (secondary N) is 1. The number of amides is 2. The normalized spacial score (nSPS) is 11.8. The van der Waals surface area contributed by atoms with E-state index < -0.39 is 12.1 Å². The zero-order valence-electron chi connectivity index (χ0n) is 20.2. The maximum absolute atomic E-state index is 12.6. The number of carbonyl (C=O) groups is 2. The van der Waals surface area contributed by atoms with E-state index in [1.165, 1.54) is 4.90 Å². The summed E-state index contributed by atoms with van der Waals surface area (Å²) in [4.78, 5) is 26.9. The highest BCUT2D eigenvalue weighted by Gasteiger charge is 2.18. The maximum Gasteiger partial charge on any atom is 0.333 e. The molecule has 1 atom stereocenters. The molecule has 0 bridgehead atoms. The van der Waals surface area contributed by atoms with Crippen LogP contribution in [-0.2, 0) is 16.0 Å². The summed E-state index contributed by atoms with van der Waals surface area (Å²) in [5.74, 6) is 0.636. The Morgan fingerprint density at radius 1 is 1.06 bits per heavy atom. The zero-order chi connectivity index (χ0) is 24.8. The van der Waals surface area contributed by atoms with Gasteiger partial charge in [0.25, 0.3) is 0 Å². The van der Waals surface area contributed by atoms with Crippen LogP contribution < -0.4 is 10.1 Å². The van der Waals surface area contributed by atoms with Gasteiger partial charge in [0.1, 0.15) is 12.4 Å². The van der Waals surface area contributed by atoms with E-state index in [1.807, 2.05) is 56.3 Å². The van der Waals surface area contributed by atoms with Crippen LogP contribution >= 0.6 is 11.8 Å². The van der Waals surface area contributed by atoms with Crippen molar-refractivity contribution < 1.29 is 24.2 Å². The smallest absolute Gasteiger partial charge is 0.333 e. The molecule has 34 heavy (non-hydrogen) atoms. The number of nitrogens with zero attached hydrogens (tertiary/aromatic N) is 1. The van der Waals surface area contributed by atoms with Crippen LogP contribution in [0.4, 0.5) is 4.79 Å². The van der Waals surface area contributed by atoms with Crippen molar-refractivity contribution >= 4 is 23.8 Å². The first-order valence-electron chi connectivity index (χ1n) is 11.7. The van der Waals surface area contributed by atoms with Crippen LogP contribution in [0.3, 0.4) is 0 Å². The summed E-state index contributed by atoms with van der Waals surface area (Å²) in [5.41, 5.74) is 0.863. The molecule has 2 amide bonds. The highest BCUT2D eigenvalue weighted by Crippen LogP contribution is 2.18. The topological polar surface area (TPSA) is 88.1 Å². The van der Waals surface area contributed by atoms with E-state index in [0.717, 1.165) is 17.7 Å². The van der Waals surface area contributed by atoms with E-state index in [4.69, 9.17) is 9.47 Å². The van der Waals surface area contributed by atoms with E-state index in [-0.39, 0.29) is 12.1 Å². The Kier molecular flexibility index (Phi) is 12.3. The highest BCUT2D eigenvalue weighted by molar-refractivity contribution is 7.99. The maximum atomic E-state index is 12.6. The molecule has 0 spiro atoms. The van der Waals surface area contributed by atoms with E-state index in [1.54, 1.807) is 23.6 Å². The van der Waals surface area contributed by atoms with Crippen LogP contribution in [0.15, 0.2) is 59.5 Å². The Hall–Kier alpha value is -2.71. The molecule has 7 nitrogen and oxygen atoms in total. The number of aliphatic carboxylic acids is 1. The number of benzene rings is 2. The summed E-state index contributed by atoms with van der Waals surface area (Å²) in [6.45, 7) is 7.51. The minimum absolute atomic E-state index is 0.0634. The van der Waals surface area contributed by atoms with Gasteiger partial charge >= 0.3 is 12.0 Å². The lowest BCUT2D eigenvalue weighted by Crippen LogP contribution is -2.45. The molecule has 0 fully saturated rings. The molecule has 0 saturated heterocycles. The van der Waals surface area contributed by atoms with Gasteiger partial charge in [0.15, 0.2) is 6.10 Å². The minimum atomic E-state index is -0.968. The molecule has 2 rings (SSSR count). The van der Waals surface area contributed by atoms with Crippen LogP contribution in [0.1, 0.15) is 32.8 Å². The molecule has 0 aromatic heterocycles. The van der Waals surface area contributed by atoms with Crippen LogP contribution in [0, 0.1) is 0 Å². The molecule has 0 radical (unpaired) electrons. The molecule has 0 aliphatic heterocycles. The van der Waals surface area contributed by atoms with E-state index >= 15 is 0 Å². The first kappa shape index (κ1) is 27.5. The van der Waals surface area contributed by atoms with Gasteiger partial charge in [-0.2, -0.15) is 0 Å². The molecule has 2 aromatic rings. The third kappa shape index (κ3) is 10.5. The average molecular weight is 489 g/mol. The number of hydrogen-bond donors (Lipinski definition) is 2. The van der Waals surface area contributed by atoms with Crippen LogP contribution in [0.5, 0.6) is 5.75 Å². The largest absolute Gasteiger partial charge is 0.492 e. The van der Waals surface area contributed by atoms with Gasteiger partial charge in [0.2, 0.25) is 0 Å². The second-order valence-corrected chi connectivity index (χ2v) is 9.25. The molecule has 0 saturated carbocycles. The highest BCUT2D eigenvalue weighted by atomic mass is 32.2. The third-order valence-electron chi connectivity index (χ3n) is 4.90. The van der Waals surface area contributed by atoms with Gasteiger partial charge in [-0.1, -0.05) is 30.3 Å². The monoisotopic (exact) mass is 488 g/mol. The van der Waals surface area contributed by atoms with E-state index in [0.29, 0.717) is 38.5 Å². The second kappa shape index (κ2) is 15.2. The molecular weight excluding hydrogens is 452 g/mol. The SMILES string of the molecule is CCOC(Cc1ccc(OCCN(CCCSc2ccccc2)C(=O)NC(C)C)cc1)C(=O)O. The fourth-order valence-corrected chi connectivity index (χ4v) is 4.10. The van der Waals surface area contributed by atoms with E-state index in [2.05, 4.69) is 17.4 Å². The van der Waals surface area contributed by atoms with Gasteiger partial charge in [-0.3, -0.25) is 0 Å². The number of thioether (sulfide) groups is 1. The van der Waals surface area contributed by atoms with Gasteiger partial charge in [-0.15, -0.1) is 11.8 Å². The van der Waals surface area contributed by atoms with Gasteiger partial charge in [-0.05, 0) is 62.8 Å². The van der Waals surface area contributed by atoms with Crippen molar-refractivity contribution in [3.8, 4) is 5.75 Å². The molecule has 186 valence electrons. The zero-order valence-corrected chi connectivity index (χ0v) is 21.1. The predicted molar refractivity (Wildman–Crippen MR) is 136 cm³/mol. The van der Waals surface area contributed by atoms with Gasteiger partial charge in [0.05, 0.1) is 6.54 Å². The second-order valence-electron chi connectivity index (χ2n) is 8.09. The van der Waals surface area contributed by atoms with Gasteiger partial charge < -0.3 is 24.8 Å². The number of carbonyl (C=O) groups excluding carboxylic acids is 1. The number of rotatable bonds is 15. The molecule has 1 unspecified atom stereocenters. The Bertz CT molecular complexity index is 861. The van der Waals surface area contributed by atoms with E-state index in [9.17, 15) is 14.7 Å². The molecule has 0 heterocycles. The summed E-state index contributed by atoms with van der Waals surface area (Å²) in [5, 5.41) is 12.2. The summed E-state index contributed by atoms with van der Waals surface area (Å²) >= 11 is 1.78.